The molecule has 0 aliphatic rings. The smallest absolute Gasteiger partial charge is 0.240 e. The Hall–Kier alpha value is -2.82. The van der Waals surface area contributed by atoms with Crippen molar-refractivity contribution in [1.82, 2.24) is 5.32 Å². The molecule has 26 heavy (non-hydrogen) atoms. The highest BCUT2D eigenvalue weighted by molar-refractivity contribution is 5.97. The molecule has 0 saturated heterocycles. The van der Waals surface area contributed by atoms with Crippen LogP contribution in [-0.2, 0) is 16.1 Å². The second kappa shape index (κ2) is 9.04. The molecule has 0 unspecified atom stereocenters. The van der Waals surface area contributed by atoms with Gasteiger partial charge in [-0.2, -0.15) is 0 Å². The number of hydrogen-bond acceptors (Lipinski definition) is 3. The molecule has 2 amide bonds. The first-order valence-electron chi connectivity index (χ1n) is 8.73. The second-order valence-corrected chi connectivity index (χ2v) is 6.47. The maximum Gasteiger partial charge on any atom is 0.240 e. The molecule has 1 N–H and O–H groups in total. The lowest BCUT2D eigenvalue weighted by Gasteiger charge is -2.21. The molecule has 0 aliphatic heterocycles. The van der Waals surface area contributed by atoms with Gasteiger partial charge in [0.15, 0.2) is 0 Å². The predicted octanol–water partition coefficient (Wildman–Crippen LogP) is 3.45. The highest BCUT2D eigenvalue weighted by atomic mass is 16.5. The van der Waals surface area contributed by atoms with Gasteiger partial charge in [-0.25, -0.2) is 0 Å². The van der Waals surface area contributed by atoms with Crippen molar-refractivity contribution in [2.75, 3.05) is 11.4 Å². The molecule has 0 bridgehead atoms. The van der Waals surface area contributed by atoms with Gasteiger partial charge in [0, 0.05) is 19.2 Å². The van der Waals surface area contributed by atoms with E-state index in [4.69, 9.17) is 4.74 Å². The number of rotatable bonds is 7. The van der Waals surface area contributed by atoms with E-state index in [1.165, 1.54) is 11.8 Å². The van der Waals surface area contributed by atoms with Crippen molar-refractivity contribution >= 4 is 17.5 Å². The van der Waals surface area contributed by atoms with Crippen molar-refractivity contribution in [2.24, 2.45) is 0 Å². The Morgan fingerprint density at radius 3 is 2.31 bits per heavy atom. The molecule has 0 atom stereocenters. The number of anilines is 1. The average molecular weight is 354 g/mol. The first-order chi connectivity index (χ1) is 12.4. The topological polar surface area (TPSA) is 58.6 Å². The minimum atomic E-state index is -0.203. The number of benzene rings is 2. The largest absolute Gasteiger partial charge is 0.491 e. The average Bonchev–Trinajstić information content (AvgIpc) is 2.59. The van der Waals surface area contributed by atoms with Crippen LogP contribution in [0, 0.1) is 6.92 Å². The Morgan fingerprint density at radius 2 is 1.73 bits per heavy atom. The summed E-state index contributed by atoms with van der Waals surface area (Å²) < 4.78 is 5.61. The first-order valence-corrected chi connectivity index (χ1v) is 8.73. The molecule has 2 aromatic rings. The molecule has 0 radical (unpaired) electrons. The summed E-state index contributed by atoms with van der Waals surface area (Å²) in [5, 5.41) is 2.87. The van der Waals surface area contributed by atoms with Crippen LogP contribution in [0.1, 0.15) is 31.9 Å². The van der Waals surface area contributed by atoms with Crippen LogP contribution in [0.2, 0.25) is 0 Å². The number of nitrogens with zero attached hydrogens (tertiary/aromatic N) is 1. The maximum atomic E-state index is 12.3. The van der Waals surface area contributed by atoms with Crippen molar-refractivity contribution < 1.29 is 14.3 Å². The van der Waals surface area contributed by atoms with Crippen LogP contribution in [0.15, 0.2) is 48.5 Å². The lowest BCUT2D eigenvalue weighted by Crippen LogP contribution is -2.39. The lowest BCUT2D eigenvalue weighted by atomic mass is 10.1. The summed E-state index contributed by atoms with van der Waals surface area (Å²) in [6.45, 7) is 7.78. The third-order valence-corrected chi connectivity index (χ3v) is 3.94. The van der Waals surface area contributed by atoms with Crippen molar-refractivity contribution in [1.29, 1.82) is 0 Å². The molecular formula is C21H26N2O3. The molecule has 138 valence electrons. The van der Waals surface area contributed by atoms with Gasteiger partial charge in [0.05, 0.1) is 6.10 Å². The highest BCUT2D eigenvalue weighted by Crippen LogP contribution is 2.20. The number of nitrogens with one attached hydrogen (secondary N) is 1. The minimum absolute atomic E-state index is 0.0222. The third kappa shape index (κ3) is 5.62. The van der Waals surface area contributed by atoms with Gasteiger partial charge in [0.25, 0.3) is 0 Å². The minimum Gasteiger partial charge on any atom is -0.491 e. The SMILES string of the molecule is CC(=O)N(CC(=O)NCc1ccccc1C)c1ccc(OC(C)C)cc1. The van der Waals surface area contributed by atoms with Gasteiger partial charge in [-0.1, -0.05) is 24.3 Å². The van der Waals surface area contributed by atoms with Gasteiger partial charge in [-0.05, 0) is 56.2 Å². The molecule has 0 fully saturated rings. The van der Waals surface area contributed by atoms with E-state index in [0.717, 1.165) is 16.9 Å². The van der Waals surface area contributed by atoms with Gasteiger partial charge >= 0.3 is 0 Å². The van der Waals surface area contributed by atoms with E-state index >= 15 is 0 Å². The molecular weight excluding hydrogens is 328 g/mol. The summed E-state index contributed by atoms with van der Waals surface area (Å²) >= 11 is 0. The fraction of sp³-hybridized carbons (Fsp3) is 0.333. The molecule has 2 rings (SSSR count). The number of amides is 2. The van der Waals surface area contributed by atoms with Gasteiger partial charge in [0.2, 0.25) is 11.8 Å². The molecule has 5 nitrogen and oxygen atoms in total. The Labute approximate surface area is 155 Å². The number of hydrogen-bond donors (Lipinski definition) is 1. The Morgan fingerprint density at radius 1 is 1.08 bits per heavy atom. The van der Waals surface area contributed by atoms with Crippen molar-refractivity contribution in [3.8, 4) is 5.75 Å². The lowest BCUT2D eigenvalue weighted by molar-refractivity contribution is -0.123. The summed E-state index contributed by atoms with van der Waals surface area (Å²) in [5.74, 6) is 0.343. The Bertz CT molecular complexity index is 754. The molecule has 5 heteroatoms. The fourth-order valence-electron chi connectivity index (χ4n) is 2.56. The maximum absolute atomic E-state index is 12.3. The summed E-state index contributed by atoms with van der Waals surface area (Å²) in [5.41, 5.74) is 2.85. The highest BCUT2D eigenvalue weighted by Gasteiger charge is 2.16. The van der Waals surface area contributed by atoms with E-state index in [0.29, 0.717) is 12.2 Å². The number of carbonyl (C=O) groups is 2. The summed E-state index contributed by atoms with van der Waals surface area (Å²) in [6.07, 6.45) is 0.0805. The zero-order chi connectivity index (χ0) is 19.1. The van der Waals surface area contributed by atoms with Gasteiger partial charge in [-0.3, -0.25) is 9.59 Å². The predicted molar refractivity (Wildman–Crippen MR) is 103 cm³/mol. The van der Waals surface area contributed by atoms with Gasteiger partial charge < -0.3 is 15.0 Å². The van der Waals surface area contributed by atoms with E-state index in [-0.39, 0.29) is 24.5 Å². The van der Waals surface area contributed by atoms with Gasteiger partial charge in [0.1, 0.15) is 12.3 Å². The van der Waals surface area contributed by atoms with E-state index in [1.807, 2.05) is 45.0 Å². The van der Waals surface area contributed by atoms with Crippen LogP contribution >= 0.6 is 0 Å². The van der Waals surface area contributed by atoms with Crippen molar-refractivity contribution in [2.45, 2.75) is 40.3 Å². The Balaban J connectivity index is 2.00. The molecule has 0 aromatic heterocycles. The number of ether oxygens (including phenoxy) is 1. The van der Waals surface area contributed by atoms with E-state index in [1.54, 1.807) is 24.3 Å². The third-order valence-electron chi connectivity index (χ3n) is 3.94. The number of carbonyl (C=O) groups excluding carboxylic acids is 2. The second-order valence-electron chi connectivity index (χ2n) is 6.47. The van der Waals surface area contributed by atoms with Crippen molar-refractivity contribution in [3.63, 3.8) is 0 Å². The van der Waals surface area contributed by atoms with Crippen LogP contribution in [0.25, 0.3) is 0 Å². The standard InChI is InChI=1S/C21H26N2O3/c1-15(2)26-20-11-9-19(10-12-20)23(17(4)24)14-21(25)22-13-18-8-6-5-7-16(18)3/h5-12,15H,13-14H2,1-4H3,(H,22,25). The summed E-state index contributed by atoms with van der Waals surface area (Å²) in [7, 11) is 0. The van der Waals surface area contributed by atoms with E-state index < -0.39 is 0 Å². The van der Waals surface area contributed by atoms with Crippen LogP contribution in [0.5, 0.6) is 5.75 Å². The summed E-state index contributed by atoms with van der Waals surface area (Å²) in [6, 6.07) is 15.1. The molecule has 0 spiro atoms. The zero-order valence-corrected chi connectivity index (χ0v) is 15.8. The Kier molecular flexibility index (Phi) is 6.78. The molecule has 0 saturated carbocycles. The zero-order valence-electron chi connectivity index (χ0n) is 15.8. The van der Waals surface area contributed by atoms with Crippen LogP contribution in [0.4, 0.5) is 5.69 Å². The van der Waals surface area contributed by atoms with Crippen LogP contribution in [0.3, 0.4) is 0 Å². The normalized spacial score (nSPS) is 10.5. The quantitative estimate of drug-likeness (QED) is 0.828. The van der Waals surface area contributed by atoms with E-state index in [2.05, 4.69) is 5.32 Å². The van der Waals surface area contributed by atoms with E-state index in [9.17, 15) is 9.59 Å². The molecule has 0 aliphatic carbocycles. The van der Waals surface area contributed by atoms with Gasteiger partial charge in [-0.15, -0.1) is 0 Å². The number of aryl methyl sites for hydroxylation is 1. The monoisotopic (exact) mass is 354 g/mol. The molecule has 2 aromatic carbocycles. The van der Waals surface area contributed by atoms with Crippen LogP contribution in [-0.4, -0.2) is 24.5 Å². The first kappa shape index (κ1) is 19.5. The fourth-order valence-corrected chi connectivity index (χ4v) is 2.56. The molecule has 0 heterocycles. The summed E-state index contributed by atoms with van der Waals surface area (Å²) in [4.78, 5) is 25.7. The van der Waals surface area contributed by atoms with Crippen LogP contribution < -0.4 is 15.0 Å². The van der Waals surface area contributed by atoms with Crippen molar-refractivity contribution in [3.05, 3.63) is 59.7 Å².